The third kappa shape index (κ3) is 2.09. The van der Waals surface area contributed by atoms with Gasteiger partial charge in [-0.1, -0.05) is 24.3 Å². The van der Waals surface area contributed by atoms with Crippen molar-refractivity contribution in [2.75, 3.05) is 11.4 Å². The Kier molecular flexibility index (Phi) is 2.99. The minimum atomic E-state index is 0.498. The molecule has 1 aliphatic heterocycles. The minimum Gasteiger partial charge on any atom is -0.367 e. The van der Waals surface area contributed by atoms with Gasteiger partial charge in [-0.2, -0.15) is 0 Å². The zero-order valence-electron chi connectivity index (χ0n) is 10.3. The number of nitrogens with two attached hydrogens (primary N) is 1. The first-order chi connectivity index (χ1) is 8.86. The molecule has 0 saturated heterocycles. The lowest BCUT2D eigenvalue weighted by Gasteiger charge is -2.30. The van der Waals surface area contributed by atoms with Gasteiger partial charge in [0.05, 0.1) is 5.69 Å². The van der Waals surface area contributed by atoms with Crippen molar-refractivity contribution in [1.29, 1.82) is 0 Å². The highest BCUT2D eigenvalue weighted by atomic mass is 15.1. The van der Waals surface area contributed by atoms with Gasteiger partial charge in [-0.3, -0.25) is 4.98 Å². The molecule has 1 aromatic heterocycles. The normalized spacial score (nSPS) is 14.4. The summed E-state index contributed by atoms with van der Waals surface area (Å²) in [5, 5.41) is 0. The van der Waals surface area contributed by atoms with E-state index in [4.69, 9.17) is 5.73 Å². The summed E-state index contributed by atoms with van der Waals surface area (Å²) in [7, 11) is 0. The van der Waals surface area contributed by atoms with E-state index in [-0.39, 0.29) is 0 Å². The van der Waals surface area contributed by atoms with Crippen molar-refractivity contribution in [2.24, 2.45) is 5.73 Å². The molecule has 0 unspecified atom stereocenters. The molecule has 0 spiro atoms. The van der Waals surface area contributed by atoms with E-state index in [9.17, 15) is 0 Å². The lowest BCUT2D eigenvalue weighted by molar-refractivity contribution is 0.730. The molecule has 3 nitrogen and oxygen atoms in total. The first-order valence-electron chi connectivity index (χ1n) is 6.33. The smallest absolute Gasteiger partial charge is 0.0560 e. The van der Waals surface area contributed by atoms with Gasteiger partial charge in [-0.15, -0.1) is 0 Å². The second kappa shape index (κ2) is 4.78. The Morgan fingerprint density at radius 1 is 1.17 bits per heavy atom. The predicted molar refractivity (Wildman–Crippen MR) is 73.3 cm³/mol. The molecule has 92 valence electrons. The Bertz CT molecular complexity index is 551. The second-order valence-electron chi connectivity index (χ2n) is 4.65. The first-order valence-corrected chi connectivity index (χ1v) is 6.33. The molecule has 0 radical (unpaired) electrons. The summed E-state index contributed by atoms with van der Waals surface area (Å²) in [4.78, 5) is 6.64. The van der Waals surface area contributed by atoms with Gasteiger partial charge in [0.25, 0.3) is 0 Å². The Hall–Kier alpha value is -1.87. The Labute approximate surface area is 107 Å². The van der Waals surface area contributed by atoms with Crippen LogP contribution < -0.4 is 10.6 Å². The lowest BCUT2D eigenvalue weighted by atomic mass is 9.99. The fourth-order valence-electron chi connectivity index (χ4n) is 2.49. The topological polar surface area (TPSA) is 42.1 Å². The number of anilines is 1. The molecule has 2 heterocycles. The van der Waals surface area contributed by atoms with Crippen molar-refractivity contribution in [3.05, 3.63) is 59.4 Å². The van der Waals surface area contributed by atoms with Gasteiger partial charge in [0.15, 0.2) is 0 Å². The molecule has 18 heavy (non-hydrogen) atoms. The van der Waals surface area contributed by atoms with Gasteiger partial charge in [-0.25, -0.2) is 0 Å². The SMILES string of the molecule is NCc1cc(N2CCc3ccccc3C2)ccn1. The molecule has 3 rings (SSSR count). The quantitative estimate of drug-likeness (QED) is 0.872. The molecule has 3 heteroatoms. The van der Waals surface area contributed by atoms with Crippen LogP contribution in [0.25, 0.3) is 0 Å². The van der Waals surface area contributed by atoms with Crippen LogP contribution in [0.15, 0.2) is 42.6 Å². The molecule has 0 bridgehead atoms. The zero-order chi connectivity index (χ0) is 12.4. The highest BCUT2D eigenvalue weighted by molar-refractivity contribution is 5.49. The van der Waals surface area contributed by atoms with Crippen molar-refractivity contribution in [3.8, 4) is 0 Å². The van der Waals surface area contributed by atoms with Crippen LogP contribution in [-0.2, 0) is 19.5 Å². The summed E-state index contributed by atoms with van der Waals surface area (Å²) < 4.78 is 0. The Balaban J connectivity index is 1.87. The van der Waals surface area contributed by atoms with Gasteiger partial charge < -0.3 is 10.6 Å². The summed E-state index contributed by atoms with van der Waals surface area (Å²) in [6, 6.07) is 12.8. The zero-order valence-corrected chi connectivity index (χ0v) is 10.3. The molecule has 1 aliphatic rings. The van der Waals surface area contributed by atoms with Crippen molar-refractivity contribution < 1.29 is 0 Å². The van der Waals surface area contributed by atoms with Crippen LogP contribution in [0.1, 0.15) is 16.8 Å². The molecule has 0 fully saturated rings. The summed E-state index contributed by atoms with van der Waals surface area (Å²) in [6.45, 7) is 2.54. The van der Waals surface area contributed by atoms with Crippen molar-refractivity contribution in [2.45, 2.75) is 19.5 Å². The van der Waals surface area contributed by atoms with Gasteiger partial charge in [0.1, 0.15) is 0 Å². The Morgan fingerprint density at radius 2 is 2.00 bits per heavy atom. The van der Waals surface area contributed by atoms with Crippen LogP contribution in [0.4, 0.5) is 5.69 Å². The van der Waals surface area contributed by atoms with Crippen molar-refractivity contribution >= 4 is 5.69 Å². The van der Waals surface area contributed by atoms with E-state index in [1.807, 2.05) is 6.20 Å². The van der Waals surface area contributed by atoms with Gasteiger partial charge in [-0.05, 0) is 29.7 Å². The van der Waals surface area contributed by atoms with E-state index in [1.165, 1.54) is 16.8 Å². The van der Waals surface area contributed by atoms with Crippen LogP contribution in [-0.4, -0.2) is 11.5 Å². The van der Waals surface area contributed by atoms with Gasteiger partial charge in [0, 0.05) is 31.5 Å². The number of rotatable bonds is 2. The van der Waals surface area contributed by atoms with Crippen LogP contribution in [0, 0.1) is 0 Å². The number of fused-ring (bicyclic) bond motifs is 1. The third-order valence-corrected chi connectivity index (χ3v) is 3.51. The summed E-state index contributed by atoms with van der Waals surface area (Å²) >= 11 is 0. The average Bonchev–Trinajstić information content (AvgIpc) is 2.47. The number of pyridine rings is 1. The average molecular weight is 239 g/mol. The number of hydrogen-bond donors (Lipinski definition) is 1. The molecule has 2 aromatic rings. The maximum Gasteiger partial charge on any atom is 0.0560 e. The summed E-state index contributed by atoms with van der Waals surface area (Å²) in [6.07, 6.45) is 2.95. The summed E-state index contributed by atoms with van der Waals surface area (Å²) in [5.41, 5.74) is 10.7. The molecule has 2 N–H and O–H groups in total. The molecule has 1 aromatic carbocycles. The number of aromatic nitrogens is 1. The van der Waals surface area contributed by atoms with Crippen molar-refractivity contribution in [3.63, 3.8) is 0 Å². The minimum absolute atomic E-state index is 0.498. The maximum absolute atomic E-state index is 5.64. The first kappa shape index (κ1) is 11.2. The Morgan fingerprint density at radius 3 is 2.83 bits per heavy atom. The van der Waals surface area contributed by atoms with Crippen LogP contribution in [0.3, 0.4) is 0 Å². The van der Waals surface area contributed by atoms with E-state index >= 15 is 0 Å². The fourth-order valence-corrected chi connectivity index (χ4v) is 2.49. The van der Waals surface area contributed by atoms with Crippen LogP contribution in [0.5, 0.6) is 0 Å². The second-order valence-corrected chi connectivity index (χ2v) is 4.65. The van der Waals surface area contributed by atoms with Crippen LogP contribution >= 0.6 is 0 Å². The maximum atomic E-state index is 5.64. The van der Waals surface area contributed by atoms with Crippen LogP contribution in [0.2, 0.25) is 0 Å². The van der Waals surface area contributed by atoms with Crippen molar-refractivity contribution in [1.82, 2.24) is 4.98 Å². The molecule has 0 atom stereocenters. The number of nitrogens with zero attached hydrogens (tertiary/aromatic N) is 2. The molecular weight excluding hydrogens is 222 g/mol. The van der Waals surface area contributed by atoms with E-state index in [2.05, 4.69) is 46.3 Å². The molecule has 0 amide bonds. The number of hydrogen-bond acceptors (Lipinski definition) is 3. The lowest BCUT2D eigenvalue weighted by Crippen LogP contribution is -2.30. The van der Waals surface area contributed by atoms with Gasteiger partial charge in [0.2, 0.25) is 0 Å². The molecule has 0 saturated carbocycles. The number of benzene rings is 1. The van der Waals surface area contributed by atoms with E-state index in [0.29, 0.717) is 6.54 Å². The van der Waals surface area contributed by atoms with E-state index < -0.39 is 0 Å². The van der Waals surface area contributed by atoms with Gasteiger partial charge >= 0.3 is 0 Å². The van der Waals surface area contributed by atoms with E-state index in [0.717, 1.165) is 25.2 Å². The highest BCUT2D eigenvalue weighted by Crippen LogP contribution is 2.24. The summed E-state index contributed by atoms with van der Waals surface area (Å²) in [5.74, 6) is 0. The van der Waals surface area contributed by atoms with E-state index in [1.54, 1.807) is 0 Å². The predicted octanol–water partition coefficient (Wildman–Crippen LogP) is 2.10. The largest absolute Gasteiger partial charge is 0.367 e. The third-order valence-electron chi connectivity index (χ3n) is 3.51. The molecular formula is C15H17N3. The fraction of sp³-hybridized carbons (Fsp3) is 0.267. The highest BCUT2D eigenvalue weighted by Gasteiger charge is 2.16. The standard InChI is InChI=1S/C15H17N3/c16-10-14-9-15(5-7-17-14)18-8-6-12-3-1-2-4-13(12)11-18/h1-5,7,9H,6,8,10-11,16H2. The molecule has 0 aliphatic carbocycles. The monoisotopic (exact) mass is 239 g/mol.